The lowest BCUT2D eigenvalue weighted by Crippen LogP contribution is -1.95. The Kier molecular flexibility index (Phi) is 4.73. The van der Waals surface area contributed by atoms with Gasteiger partial charge in [-0.15, -0.1) is 0 Å². The molecule has 0 aliphatic carbocycles. The summed E-state index contributed by atoms with van der Waals surface area (Å²) in [7, 11) is 0. The molecular formula is C33H26. The first-order valence-corrected chi connectivity index (χ1v) is 11.7. The summed E-state index contributed by atoms with van der Waals surface area (Å²) in [5, 5.41) is 7.93. The van der Waals surface area contributed by atoms with E-state index in [9.17, 15) is 0 Å². The average Bonchev–Trinajstić information content (AvgIpc) is 2.86. The molecular weight excluding hydrogens is 396 g/mol. The first kappa shape index (κ1) is 19.8. The van der Waals surface area contributed by atoms with E-state index in [1.165, 1.54) is 60.1 Å². The molecule has 0 saturated carbocycles. The molecule has 0 unspecified atom stereocenters. The van der Waals surface area contributed by atoms with Gasteiger partial charge < -0.3 is 0 Å². The molecule has 0 aliphatic heterocycles. The van der Waals surface area contributed by atoms with Gasteiger partial charge in [-0.2, -0.15) is 0 Å². The minimum atomic E-state index is 0.456. The van der Waals surface area contributed by atoms with Gasteiger partial charge in [-0.05, 0) is 78.2 Å². The summed E-state index contributed by atoms with van der Waals surface area (Å²) in [5.74, 6) is 0.456. The molecule has 158 valence electrons. The quantitative estimate of drug-likeness (QED) is 0.249. The standard InChI is InChI=1S/C33H26/c1-22(2)32-28-14-5-7-16-30(28)33(31-17-8-6-15-29(31)32)27-13-9-12-25(21-27)26-19-18-23-10-3-4-11-24(23)20-26/h3-22H,1-2H3. The minimum Gasteiger partial charge on any atom is -0.0616 e. The molecule has 33 heavy (non-hydrogen) atoms. The van der Waals surface area contributed by atoms with Crippen LogP contribution in [0.4, 0.5) is 0 Å². The summed E-state index contributed by atoms with van der Waals surface area (Å²) in [6.07, 6.45) is 0. The van der Waals surface area contributed by atoms with E-state index >= 15 is 0 Å². The molecule has 0 saturated heterocycles. The number of hydrogen-bond donors (Lipinski definition) is 0. The van der Waals surface area contributed by atoms with Crippen LogP contribution in [0, 0.1) is 0 Å². The van der Waals surface area contributed by atoms with Gasteiger partial charge in [0.25, 0.3) is 0 Å². The SMILES string of the molecule is CC(C)c1c2ccccc2c(-c2cccc(-c3ccc4ccccc4c3)c2)c2ccccc12. The molecule has 0 heteroatoms. The van der Waals surface area contributed by atoms with Crippen LogP contribution >= 0.6 is 0 Å². The van der Waals surface area contributed by atoms with Gasteiger partial charge >= 0.3 is 0 Å². The van der Waals surface area contributed by atoms with Gasteiger partial charge in [-0.1, -0.05) is 117 Å². The van der Waals surface area contributed by atoms with E-state index in [-0.39, 0.29) is 0 Å². The van der Waals surface area contributed by atoms with Crippen molar-refractivity contribution in [1.82, 2.24) is 0 Å². The molecule has 0 nitrogen and oxygen atoms in total. The fourth-order valence-corrected chi connectivity index (χ4v) is 5.32. The van der Waals surface area contributed by atoms with E-state index in [0.29, 0.717) is 5.92 Å². The normalized spacial score (nSPS) is 11.6. The molecule has 0 amide bonds. The third-order valence-corrected chi connectivity index (χ3v) is 6.78. The number of fused-ring (bicyclic) bond motifs is 3. The van der Waals surface area contributed by atoms with Crippen molar-refractivity contribution in [2.75, 3.05) is 0 Å². The van der Waals surface area contributed by atoms with Crippen molar-refractivity contribution in [3.8, 4) is 22.3 Å². The van der Waals surface area contributed by atoms with E-state index in [2.05, 4.69) is 129 Å². The lowest BCUT2D eigenvalue weighted by atomic mass is 9.84. The molecule has 0 heterocycles. The average molecular weight is 423 g/mol. The molecule has 0 aromatic heterocycles. The lowest BCUT2D eigenvalue weighted by Gasteiger charge is -2.19. The van der Waals surface area contributed by atoms with E-state index in [1.54, 1.807) is 0 Å². The summed E-state index contributed by atoms with van der Waals surface area (Å²) < 4.78 is 0. The topological polar surface area (TPSA) is 0 Å². The maximum Gasteiger partial charge on any atom is -0.00264 e. The van der Waals surface area contributed by atoms with Crippen molar-refractivity contribution in [2.45, 2.75) is 19.8 Å². The number of benzene rings is 6. The Morgan fingerprint density at radius 1 is 0.424 bits per heavy atom. The summed E-state index contributed by atoms with van der Waals surface area (Å²) >= 11 is 0. The predicted molar refractivity (Wildman–Crippen MR) is 144 cm³/mol. The molecule has 0 radical (unpaired) electrons. The van der Waals surface area contributed by atoms with Crippen LogP contribution in [-0.4, -0.2) is 0 Å². The molecule has 0 aliphatic rings. The Bertz CT molecular complexity index is 1580. The fraction of sp³-hybridized carbons (Fsp3) is 0.0909. The summed E-state index contributed by atoms with van der Waals surface area (Å²) in [6.45, 7) is 4.60. The van der Waals surface area contributed by atoms with Gasteiger partial charge in [0.1, 0.15) is 0 Å². The number of hydrogen-bond acceptors (Lipinski definition) is 0. The fourth-order valence-electron chi connectivity index (χ4n) is 5.32. The van der Waals surface area contributed by atoms with Crippen LogP contribution in [-0.2, 0) is 0 Å². The van der Waals surface area contributed by atoms with Crippen molar-refractivity contribution in [2.24, 2.45) is 0 Å². The van der Waals surface area contributed by atoms with Gasteiger partial charge in [0.15, 0.2) is 0 Å². The second-order valence-electron chi connectivity index (χ2n) is 9.18. The van der Waals surface area contributed by atoms with Gasteiger partial charge in [0.2, 0.25) is 0 Å². The van der Waals surface area contributed by atoms with Gasteiger partial charge in [-0.3, -0.25) is 0 Å². The summed E-state index contributed by atoms with van der Waals surface area (Å²) in [4.78, 5) is 0. The third kappa shape index (κ3) is 3.31. The molecule has 0 spiro atoms. The zero-order chi connectivity index (χ0) is 22.4. The first-order chi connectivity index (χ1) is 16.2. The lowest BCUT2D eigenvalue weighted by molar-refractivity contribution is 0.885. The van der Waals surface area contributed by atoms with Gasteiger partial charge in [0, 0.05) is 0 Å². The molecule has 0 atom stereocenters. The Balaban J connectivity index is 1.63. The second kappa shape index (κ2) is 7.90. The molecule has 6 rings (SSSR count). The highest BCUT2D eigenvalue weighted by molar-refractivity contribution is 6.15. The highest BCUT2D eigenvalue weighted by Gasteiger charge is 2.17. The Morgan fingerprint density at radius 2 is 0.970 bits per heavy atom. The Labute approximate surface area is 195 Å². The van der Waals surface area contributed by atoms with Crippen LogP contribution in [0.2, 0.25) is 0 Å². The van der Waals surface area contributed by atoms with Crippen LogP contribution in [0.15, 0.2) is 115 Å². The van der Waals surface area contributed by atoms with Gasteiger partial charge in [-0.25, -0.2) is 0 Å². The van der Waals surface area contributed by atoms with Crippen LogP contribution in [0.5, 0.6) is 0 Å². The minimum absolute atomic E-state index is 0.456. The molecule has 0 N–H and O–H groups in total. The monoisotopic (exact) mass is 422 g/mol. The Hall–Kier alpha value is -3.90. The second-order valence-corrected chi connectivity index (χ2v) is 9.18. The van der Waals surface area contributed by atoms with Crippen LogP contribution in [0.1, 0.15) is 25.3 Å². The zero-order valence-corrected chi connectivity index (χ0v) is 19.0. The van der Waals surface area contributed by atoms with E-state index in [0.717, 1.165) is 0 Å². The maximum atomic E-state index is 2.35. The summed E-state index contributed by atoms with van der Waals surface area (Å²) in [5.41, 5.74) is 6.54. The number of rotatable bonds is 3. The molecule has 6 aromatic rings. The first-order valence-electron chi connectivity index (χ1n) is 11.7. The highest BCUT2D eigenvalue weighted by Crippen LogP contribution is 2.42. The van der Waals surface area contributed by atoms with Crippen LogP contribution in [0.25, 0.3) is 54.6 Å². The smallest absolute Gasteiger partial charge is 0.00264 e. The van der Waals surface area contributed by atoms with Crippen molar-refractivity contribution in [3.63, 3.8) is 0 Å². The van der Waals surface area contributed by atoms with Crippen LogP contribution < -0.4 is 0 Å². The maximum absolute atomic E-state index is 2.35. The molecule has 0 bridgehead atoms. The zero-order valence-electron chi connectivity index (χ0n) is 19.0. The van der Waals surface area contributed by atoms with E-state index < -0.39 is 0 Å². The van der Waals surface area contributed by atoms with Gasteiger partial charge in [0.05, 0.1) is 0 Å². The van der Waals surface area contributed by atoms with Crippen LogP contribution in [0.3, 0.4) is 0 Å². The summed E-state index contributed by atoms with van der Waals surface area (Å²) in [6, 6.07) is 42.1. The van der Waals surface area contributed by atoms with Crippen molar-refractivity contribution in [1.29, 1.82) is 0 Å². The third-order valence-electron chi connectivity index (χ3n) is 6.78. The highest BCUT2D eigenvalue weighted by atomic mass is 14.2. The van der Waals surface area contributed by atoms with Crippen molar-refractivity contribution >= 4 is 32.3 Å². The molecule has 0 fully saturated rings. The largest absolute Gasteiger partial charge is 0.0616 e. The molecule has 6 aromatic carbocycles. The Morgan fingerprint density at radius 3 is 1.64 bits per heavy atom. The predicted octanol–water partition coefficient (Wildman–Crippen LogP) is 9.60. The van der Waals surface area contributed by atoms with Crippen molar-refractivity contribution < 1.29 is 0 Å². The van der Waals surface area contributed by atoms with Crippen molar-refractivity contribution in [3.05, 3.63) is 121 Å². The van der Waals surface area contributed by atoms with E-state index in [1.807, 2.05) is 0 Å². The van der Waals surface area contributed by atoms with E-state index in [4.69, 9.17) is 0 Å².